The molecule has 0 saturated heterocycles. The van der Waals surface area contributed by atoms with Crippen LogP contribution in [0.25, 0.3) is 11.1 Å². The average molecular weight is 271 g/mol. The molecule has 0 radical (unpaired) electrons. The molecule has 2 aromatic carbocycles. The van der Waals surface area contributed by atoms with Crippen molar-refractivity contribution in [3.8, 4) is 11.1 Å². The highest BCUT2D eigenvalue weighted by molar-refractivity contribution is 5.79. The molecule has 104 valence electrons. The Bertz CT molecular complexity index is 552. The van der Waals surface area contributed by atoms with Gasteiger partial charge in [0.15, 0.2) is 0 Å². The molecular weight excluding hydrogens is 254 g/mol. The lowest BCUT2D eigenvalue weighted by molar-refractivity contribution is -0.141. The van der Waals surface area contributed by atoms with Crippen LogP contribution < -0.4 is 5.48 Å². The van der Waals surface area contributed by atoms with Crippen LogP contribution in [0.15, 0.2) is 54.6 Å². The summed E-state index contributed by atoms with van der Waals surface area (Å²) in [5.74, 6) is -0.550. The zero-order chi connectivity index (χ0) is 14.4. The molecule has 4 nitrogen and oxygen atoms in total. The van der Waals surface area contributed by atoms with Gasteiger partial charge in [0.1, 0.15) is 6.10 Å². The summed E-state index contributed by atoms with van der Waals surface area (Å²) in [5, 5.41) is 8.49. The molecule has 0 aliphatic rings. The van der Waals surface area contributed by atoms with E-state index in [2.05, 4.69) is 12.1 Å². The molecule has 2 N–H and O–H groups in total. The second-order valence-corrected chi connectivity index (χ2v) is 4.49. The second kappa shape index (κ2) is 6.84. The molecule has 1 atom stereocenters. The summed E-state index contributed by atoms with van der Waals surface area (Å²) in [4.78, 5) is 11.1. The van der Waals surface area contributed by atoms with Gasteiger partial charge in [-0.3, -0.25) is 10.0 Å². The maximum absolute atomic E-state index is 11.1. The van der Waals surface area contributed by atoms with E-state index in [4.69, 9.17) is 9.94 Å². The number of carbonyl (C=O) groups is 1. The van der Waals surface area contributed by atoms with Gasteiger partial charge in [-0.25, -0.2) is 5.48 Å². The molecule has 0 aliphatic carbocycles. The fourth-order valence-corrected chi connectivity index (χ4v) is 1.81. The van der Waals surface area contributed by atoms with Crippen LogP contribution in [0.2, 0.25) is 0 Å². The Hall–Kier alpha value is -2.17. The van der Waals surface area contributed by atoms with Gasteiger partial charge in [-0.1, -0.05) is 54.6 Å². The summed E-state index contributed by atoms with van der Waals surface area (Å²) in [7, 11) is 0. The fourth-order valence-electron chi connectivity index (χ4n) is 1.81. The van der Waals surface area contributed by atoms with E-state index < -0.39 is 12.0 Å². The van der Waals surface area contributed by atoms with Crippen molar-refractivity contribution in [3.63, 3.8) is 0 Å². The van der Waals surface area contributed by atoms with Crippen molar-refractivity contribution < 1.29 is 14.7 Å². The molecule has 4 heteroatoms. The van der Waals surface area contributed by atoms with Gasteiger partial charge in [0.25, 0.3) is 5.91 Å². The largest absolute Gasteiger partial charge is 0.364 e. The zero-order valence-electron chi connectivity index (χ0n) is 11.2. The highest BCUT2D eigenvalue weighted by atomic mass is 16.5. The van der Waals surface area contributed by atoms with Gasteiger partial charge in [0.05, 0.1) is 6.61 Å². The van der Waals surface area contributed by atoms with Gasteiger partial charge in [0, 0.05) is 0 Å². The number of ether oxygens (including phenoxy) is 1. The van der Waals surface area contributed by atoms with Gasteiger partial charge < -0.3 is 4.74 Å². The van der Waals surface area contributed by atoms with Crippen molar-refractivity contribution in [2.45, 2.75) is 19.6 Å². The summed E-state index contributed by atoms with van der Waals surface area (Å²) < 4.78 is 5.35. The Morgan fingerprint density at radius 2 is 1.70 bits per heavy atom. The molecule has 0 heterocycles. The first-order valence-electron chi connectivity index (χ1n) is 6.40. The van der Waals surface area contributed by atoms with E-state index in [1.54, 1.807) is 12.4 Å². The third-order valence-corrected chi connectivity index (χ3v) is 3.04. The first kappa shape index (κ1) is 14.2. The number of hydroxylamine groups is 1. The third-order valence-electron chi connectivity index (χ3n) is 3.04. The molecule has 1 amide bonds. The Morgan fingerprint density at radius 1 is 1.10 bits per heavy atom. The first-order valence-corrected chi connectivity index (χ1v) is 6.40. The van der Waals surface area contributed by atoms with E-state index in [1.165, 1.54) is 0 Å². The van der Waals surface area contributed by atoms with Crippen LogP contribution in [-0.4, -0.2) is 17.2 Å². The summed E-state index contributed by atoms with van der Waals surface area (Å²) in [5.41, 5.74) is 4.84. The minimum absolute atomic E-state index is 0.323. The van der Waals surface area contributed by atoms with Gasteiger partial charge >= 0.3 is 0 Å². The van der Waals surface area contributed by atoms with Gasteiger partial charge in [0.2, 0.25) is 0 Å². The zero-order valence-corrected chi connectivity index (χ0v) is 11.2. The maximum atomic E-state index is 11.1. The highest BCUT2D eigenvalue weighted by Gasteiger charge is 2.11. The van der Waals surface area contributed by atoms with E-state index >= 15 is 0 Å². The molecule has 0 spiro atoms. The molecular formula is C16H17NO3. The minimum atomic E-state index is -0.686. The SMILES string of the molecule is CC(OCc1ccc(-c2ccccc2)cc1)C(=O)NO. The van der Waals surface area contributed by atoms with Crippen LogP contribution in [0, 0.1) is 0 Å². The molecule has 0 fully saturated rings. The van der Waals surface area contributed by atoms with Gasteiger partial charge in [-0.2, -0.15) is 0 Å². The van der Waals surface area contributed by atoms with Crippen molar-refractivity contribution in [1.82, 2.24) is 5.48 Å². The van der Waals surface area contributed by atoms with Crippen LogP contribution in [0.5, 0.6) is 0 Å². The molecule has 0 aliphatic heterocycles. The van der Waals surface area contributed by atoms with Gasteiger partial charge in [-0.05, 0) is 23.6 Å². The Kier molecular flexibility index (Phi) is 4.87. The lowest BCUT2D eigenvalue weighted by Crippen LogP contribution is -2.31. The van der Waals surface area contributed by atoms with Crippen LogP contribution in [0.4, 0.5) is 0 Å². The summed E-state index contributed by atoms with van der Waals surface area (Å²) in [6.45, 7) is 1.91. The number of nitrogens with one attached hydrogen (secondary N) is 1. The lowest BCUT2D eigenvalue weighted by atomic mass is 10.0. The number of hydrogen-bond donors (Lipinski definition) is 2. The number of hydrogen-bond acceptors (Lipinski definition) is 3. The Balaban J connectivity index is 1.97. The van der Waals surface area contributed by atoms with E-state index in [9.17, 15) is 4.79 Å². The van der Waals surface area contributed by atoms with Crippen molar-refractivity contribution in [1.29, 1.82) is 0 Å². The van der Waals surface area contributed by atoms with Crippen molar-refractivity contribution in [2.24, 2.45) is 0 Å². The van der Waals surface area contributed by atoms with Crippen LogP contribution >= 0.6 is 0 Å². The van der Waals surface area contributed by atoms with E-state index in [1.807, 2.05) is 42.5 Å². The number of carbonyl (C=O) groups excluding carboxylic acids is 1. The van der Waals surface area contributed by atoms with Crippen molar-refractivity contribution in [2.75, 3.05) is 0 Å². The smallest absolute Gasteiger partial charge is 0.272 e. The summed E-state index contributed by atoms with van der Waals surface area (Å²) in [6, 6.07) is 18.1. The van der Waals surface area contributed by atoms with Crippen molar-refractivity contribution >= 4 is 5.91 Å². The third kappa shape index (κ3) is 3.66. The van der Waals surface area contributed by atoms with Crippen LogP contribution in [0.1, 0.15) is 12.5 Å². The number of benzene rings is 2. The Morgan fingerprint density at radius 3 is 2.30 bits per heavy atom. The minimum Gasteiger partial charge on any atom is -0.364 e. The second-order valence-electron chi connectivity index (χ2n) is 4.49. The molecule has 0 bridgehead atoms. The monoisotopic (exact) mass is 271 g/mol. The number of rotatable bonds is 5. The maximum Gasteiger partial charge on any atom is 0.272 e. The number of amides is 1. The van der Waals surface area contributed by atoms with Crippen molar-refractivity contribution in [3.05, 3.63) is 60.2 Å². The molecule has 0 aromatic heterocycles. The lowest BCUT2D eigenvalue weighted by Gasteiger charge is -2.11. The summed E-state index contributed by atoms with van der Waals surface area (Å²) >= 11 is 0. The van der Waals surface area contributed by atoms with E-state index in [-0.39, 0.29) is 0 Å². The molecule has 0 saturated carbocycles. The fraction of sp³-hybridized carbons (Fsp3) is 0.188. The molecule has 2 rings (SSSR count). The summed E-state index contributed by atoms with van der Waals surface area (Å²) in [6.07, 6.45) is -0.686. The predicted octanol–water partition coefficient (Wildman–Crippen LogP) is 2.76. The quantitative estimate of drug-likeness (QED) is 0.649. The van der Waals surface area contributed by atoms with Gasteiger partial charge in [-0.15, -0.1) is 0 Å². The topological polar surface area (TPSA) is 58.6 Å². The standard InChI is InChI=1S/C16H17NO3/c1-12(16(18)17-19)20-11-13-7-9-15(10-8-13)14-5-3-2-4-6-14/h2-10,12,19H,11H2,1H3,(H,17,18). The normalized spacial score (nSPS) is 11.9. The molecule has 2 aromatic rings. The van der Waals surface area contributed by atoms with E-state index in [0.29, 0.717) is 6.61 Å². The molecule has 1 unspecified atom stereocenters. The highest BCUT2D eigenvalue weighted by Crippen LogP contribution is 2.19. The average Bonchev–Trinajstić information content (AvgIpc) is 2.53. The Labute approximate surface area is 118 Å². The van der Waals surface area contributed by atoms with Crippen LogP contribution in [-0.2, 0) is 16.1 Å². The van der Waals surface area contributed by atoms with E-state index in [0.717, 1.165) is 16.7 Å². The predicted molar refractivity (Wildman–Crippen MR) is 76.1 cm³/mol. The van der Waals surface area contributed by atoms with Crippen LogP contribution in [0.3, 0.4) is 0 Å². The molecule has 20 heavy (non-hydrogen) atoms. The first-order chi connectivity index (χ1) is 9.70.